The smallest absolute Gasteiger partial charge is 0.224 e. The van der Waals surface area contributed by atoms with Crippen LogP contribution in [0.4, 0.5) is 5.69 Å². The third kappa shape index (κ3) is 10.7. The highest BCUT2D eigenvalue weighted by molar-refractivity contribution is 5.85. The van der Waals surface area contributed by atoms with E-state index in [-0.39, 0.29) is 30.7 Å². The molecule has 0 radical (unpaired) electrons. The maximum absolute atomic E-state index is 11.7. The molecule has 0 aliphatic carbocycles. The largest absolute Gasteiger partial charge is 0.399 e. The molecule has 0 aromatic heterocycles. The molecule has 1 aromatic carbocycles. The highest BCUT2D eigenvalue weighted by Gasteiger charge is 2.03. The fraction of sp³-hybridized carbons (Fsp3) is 0.533. The molecule has 7 heteroatoms. The summed E-state index contributed by atoms with van der Waals surface area (Å²) in [4.78, 5) is 13.9. The number of likely N-dealkylation sites (N-methyl/N-ethyl adjacent to an activating group) is 1. The van der Waals surface area contributed by atoms with Crippen LogP contribution in [0, 0.1) is 0 Å². The summed E-state index contributed by atoms with van der Waals surface area (Å²) in [6.45, 7) is 3.30. The average molecular weight is 352 g/mol. The Bertz CT molecular complexity index is 402. The van der Waals surface area contributed by atoms with Gasteiger partial charge in [-0.2, -0.15) is 0 Å². The number of carbonyl (C=O) groups is 1. The van der Waals surface area contributed by atoms with Crippen LogP contribution in [0.5, 0.6) is 0 Å². The molecular formula is C15H27Cl2N3O2. The monoisotopic (exact) mass is 351 g/mol. The van der Waals surface area contributed by atoms with Crippen LogP contribution in [0.2, 0.25) is 0 Å². The van der Waals surface area contributed by atoms with Crippen molar-refractivity contribution in [1.82, 2.24) is 10.2 Å². The van der Waals surface area contributed by atoms with Crippen LogP contribution < -0.4 is 11.1 Å². The normalized spacial score (nSPS) is 9.77. The maximum atomic E-state index is 11.7. The molecule has 0 unspecified atom stereocenters. The molecule has 0 fully saturated rings. The predicted octanol–water partition coefficient (Wildman–Crippen LogP) is 1.74. The Hall–Kier alpha value is -1.01. The van der Waals surface area contributed by atoms with Gasteiger partial charge in [0.25, 0.3) is 0 Å². The zero-order valence-electron chi connectivity index (χ0n) is 13.2. The number of carbonyl (C=O) groups excluding carboxylic acids is 1. The fourth-order valence-corrected chi connectivity index (χ4v) is 1.82. The lowest BCUT2D eigenvalue weighted by Gasteiger charge is -2.15. The lowest BCUT2D eigenvalue weighted by molar-refractivity contribution is -0.120. The van der Waals surface area contributed by atoms with E-state index >= 15 is 0 Å². The van der Waals surface area contributed by atoms with Gasteiger partial charge in [0.1, 0.15) is 0 Å². The van der Waals surface area contributed by atoms with Gasteiger partial charge in [0.2, 0.25) is 5.91 Å². The van der Waals surface area contributed by atoms with E-state index in [1.807, 2.05) is 24.3 Å². The van der Waals surface area contributed by atoms with Crippen molar-refractivity contribution in [3.05, 3.63) is 29.8 Å². The molecule has 0 saturated heterocycles. The van der Waals surface area contributed by atoms with E-state index in [1.165, 1.54) is 0 Å². The number of anilines is 1. The van der Waals surface area contributed by atoms with E-state index < -0.39 is 0 Å². The molecule has 0 saturated carbocycles. The number of halogens is 2. The second-order valence-electron chi connectivity index (χ2n) is 4.92. The highest BCUT2D eigenvalue weighted by Crippen LogP contribution is 2.05. The minimum absolute atomic E-state index is 0. The Morgan fingerprint density at radius 2 is 1.86 bits per heavy atom. The number of nitrogen functional groups attached to an aromatic ring is 1. The number of hydrogen-bond donors (Lipinski definition) is 2. The van der Waals surface area contributed by atoms with Crippen molar-refractivity contribution in [3.8, 4) is 0 Å². The van der Waals surface area contributed by atoms with E-state index in [1.54, 1.807) is 7.11 Å². The molecule has 1 amide bonds. The number of methoxy groups -OCH3 is 1. The van der Waals surface area contributed by atoms with Crippen molar-refractivity contribution >= 4 is 36.4 Å². The van der Waals surface area contributed by atoms with Gasteiger partial charge < -0.3 is 20.7 Å². The van der Waals surface area contributed by atoms with Crippen LogP contribution in [-0.4, -0.2) is 51.2 Å². The molecule has 5 nitrogen and oxygen atoms in total. The minimum atomic E-state index is 0. The number of nitrogens with two attached hydrogens (primary N) is 1. The number of nitrogens with one attached hydrogen (secondary N) is 1. The summed E-state index contributed by atoms with van der Waals surface area (Å²) in [7, 11) is 3.75. The molecular weight excluding hydrogens is 325 g/mol. The zero-order chi connectivity index (χ0) is 14.8. The summed E-state index contributed by atoms with van der Waals surface area (Å²) < 4.78 is 5.01. The summed E-state index contributed by atoms with van der Waals surface area (Å²) in [5.74, 6) is 0.0503. The van der Waals surface area contributed by atoms with E-state index in [2.05, 4.69) is 17.3 Å². The summed E-state index contributed by atoms with van der Waals surface area (Å²) in [5.41, 5.74) is 7.30. The van der Waals surface area contributed by atoms with E-state index in [0.717, 1.165) is 31.7 Å². The summed E-state index contributed by atoms with van der Waals surface area (Å²) in [6, 6.07) is 7.39. The van der Waals surface area contributed by atoms with Gasteiger partial charge >= 0.3 is 0 Å². The van der Waals surface area contributed by atoms with Gasteiger partial charge in [-0.15, -0.1) is 24.8 Å². The highest BCUT2D eigenvalue weighted by atomic mass is 35.5. The number of benzene rings is 1. The van der Waals surface area contributed by atoms with Gasteiger partial charge in [0.05, 0.1) is 13.0 Å². The van der Waals surface area contributed by atoms with Gasteiger partial charge in [0.15, 0.2) is 0 Å². The molecule has 0 aliphatic heterocycles. The van der Waals surface area contributed by atoms with Gasteiger partial charge in [-0.3, -0.25) is 4.79 Å². The topological polar surface area (TPSA) is 67.6 Å². The fourth-order valence-electron chi connectivity index (χ4n) is 1.82. The second-order valence-corrected chi connectivity index (χ2v) is 4.92. The van der Waals surface area contributed by atoms with Gasteiger partial charge in [-0.05, 0) is 37.7 Å². The standard InChI is InChI=1S/C15H25N3O2.2ClH/c1-18(10-11-20-2)9-3-8-17-15(19)12-13-4-6-14(16)7-5-13;;/h4-7H,3,8-12,16H2,1-2H3,(H,17,19);2*1H. The first-order valence-electron chi connectivity index (χ1n) is 6.90. The Morgan fingerprint density at radius 3 is 2.45 bits per heavy atom. The summed E-state index contributed by atoms with van der Waals surface area (Å²) in [6.07, 6.45) is 1.34. The quantitative estimate of drug-likeness (QED) is 0.525. The lowest BCUT2D eigenvalue weighted by atomic mass is 10.1. The molecule has 0 bridgehead atoms. The molecule has 0 aliphatic rings. The average Bonchev–Trinajstić information content (AvgIpc) is 2.44. The first kappa shape index (κ1) is 23.3. The van der Waals surface area contributed by atoms with E-state index in [0.29, 0.717) is 18.7 Å². The van der Waals surface area contributed by atoms with Crippen LogP contribution in [-0.2, 0) is 16.0 Å². The predicted molar refractivity (Wildman–Crippen MR) is 96.1 cm³/mol. The van der Waals surface area contributed by atoms with Crippen molar-refractivity contribution in [3.63, 3.8) is 0 Å². The number of hydrogen-bond acceptors (Lipinski definition) is 4. The van der Waals surface area contributed by atoms with Crippen LogP contribution in [0.3, 0.4) is 0 Å². The number of ether oxygens (including phenoxy) is 1. The Morgan fingerprint density at radius 1 is 1.23 bits per heavy atom. The Balaban J connectivity index is 0. The first-order chi connectivity index (χ1) is 9.61. The van der Waals surface area contributed by atoms with Crippen molar-refractivity contribution in [2.24, 2.45) is 0 Å². The van der Waals surface area contributed by atoms with E-state index in [4.69, 9.17) is 10.5 Å². The van der Waals surface area contributed by atoms with Crippen molar-refractivity contribution < 1.29 is 9.53 Å². The van der Waals surface area contributed by atoms with Crippen molar-refractivity contribution in [1.29, 1.82) is 0 Å². The van der Waals surface area contributed by atoms with Crippen LogP contribution in [0.15, 0.2) is 24.3 Å². The number of nitrogens with zero attached hydrogens (tertiary/aromatic N) is 1. The van der Waals surface area contributed by atoms with Crippen molar-refractivity contribution in [2.45, 2.75) is 12.8 Å². The molecule has 1 aromatic rings. The molecule has 3 N–H and O–H groups in total. The third-order valence-corrected chi connectivity index (χ3v) is 3.06. The molecule has 128 valence electrons. The maximum Gasteiger partial charge on any atom is 0.224 e. The number of rotatable bonds is 9. The van der Waals surface area contributed by atoms with Crippen LogP contribution in [0.1, 0.15) is 12.0 Å². The molecule has 0 heterocycles. The third-order valence-electron chi connectivity index (χ3n) is 3.06. The second kappa shape index (κ2) is 13.6. The molecule has 0 atom stereocenters. The minimum Gasteiger partial charge on any atom is -0.399 e. The lowest BCUT2D eigenvalue weighted by Crippen LogP contribution is -2.30. The van der Waals surface area contributed by atoms with Crippen molar-refractivity contribution in [2.75, 3.05) is 46.1 Å². The Kier molecular flexibility index (Phi) is 14.4. The van der Waals surface area contributed by atoms with Crippen LogP contribution >= 0.6 is 24.8 Å². The zero-order valence-corrected chi connectivity index (χ0v) is 14.8. The Labute approximate surface area is 145 Å². The SMILES string of the molecule is COCCN(C)CCCNC(=O)Cc1ccc(N)cc1.Cl.Cl. The van der Waals surface area contributed by atoms with Gasteiger partial charge in [0, 0.05) is 25.9 Å². The molecule has 1 rings (SSSR count). The van der Waals surface area contributed by atoms with Gasteiger partial charge in [-0.25, -0.2) is 0 Å². The van der Waals surface area contributed by atoms with Crippen LogP contribution in [0.25, 0.3) is 0 Å². The molecule has 22 heavy (non-hydrogen) atoms. The summed E-state index contributed by atoms with van der Waals surface area (Å²) in [5, 5.41) is 2.93. The molecule has 0 spiro atoms. The van der Waals surface area contributed by atoms with E-state index in [9.17, 15) is 4.79 Å². The van der Waals surface area contributed by atoms with Gasteiger partial charge in [-0.1, -0.05) is 12.1 Å². The first-order valence-corrected chi connectivity index (χ1v) is 6.90. The number of amides is 1. The summed E-state index contributed by atoms with van der Waals surface area (Å²) >= 11 is 0.